The predicted molar refractivity (Wildman–Crippen MR) is 122 cm³/mol. The molecule has 5 rings (SSSR count). The molecule has 2 aliphatic heterocycles. The Balaban J connectivity index is 1.07. The maximum absolute atomic E-state index is 12.9. The van der Waals surface area contributed by atoms with Gasteiger partial charge < -0.3 is 14.4 Å². The average molecular weight is 437 g/mol. The first-order valence-electron chi connectivity index (χ1n) is 11.8. The molecule has 0 spiro atoms. The standard InChI is InChI=1S/C24H32N6O2/c31-23(29-16-14-27(15-17-29)21-4-3-5-21)19-26-10-12-30(13-11-26)24(32)20-6-7-22(25-18-20)28-8-1-2-9-28/h1-2,6-9,18,21H,3-5,10-17,19H2. The zero-order valence-corrected chi connectivity index (χ0v) is 18.6. The van der Waals surface area contributed by atoms with Crippen LogP contribution in [0.2, 0.25) is 0 Å². The average Bonchev–Trinajstić information content (AvgIpc) is 3.34. The molecular formula is C24H32N6O2. The Hall–Kier alpha value is -2.71. The Labute approximate surface area is 189 Å². The number of piperazine rings is 2. The summed E-state index contributed by atoms with van der Waals surface area (Å²) < 4.78 is 1.91. The van der Waals surface area contributed by atoms with Crippen LogP contribution in [0.25, 0.3) is 5.82 Å². The molecule has 0 radical (unpaired) electrons. The zero-order valence-electron chi connectivity index (χ0n) is 18.6. The number of hydrogen-bond donors (Lipinski definition) is 0. The summed E-state index contributed by atoms with van der Waals surface area (Å²) in [7, 11) is 0. The molecule has 1 aliphatic carbocycles. The first-order valence-corrected chi connectivity index (χ1v) is 11.8. The minimum absolute atomic E-state index is 0.00893. The van der Waals surface area contributed by atoms with E-state index in [1.54, 1.807) is 6.20 Å². The lowest BCUT2D eigenvalue weighted by atomic mass is 9.91. The summed E-state index contributed by atoms with van der Waals surface area (Å²) in [6.45, 7) is 6.91. The molecule has 32 heavy (non-hydrogen) atoms. The van der Waals surface area contributed by atoms with Gasteiger partial charge in [0.05, 0.1) is 12.1 Å². The SMILES string of the molecule is O=C(CN1CCN(C(=O)c2ccc(-n3cccc3)nc2)CC1)N1CCN(C2CCC2)CC1. The molecule has 0 aromatic carbocycles. The summed E-state index contributed by atoms with van der Waals surface area (Å²) in [6.07, 6.45) is 9.51. The number of hydrogen-bond acceptors (Lipinski definition) is 5. The van der Waals surface area contributed by atoms with E-state index in [4.69, 9.17) is 0 Å². The van der Waals surface area contributed by atoms with Crippen molar-refractivity contribution in [2.45, 2.75) is 25.3 Å². The van der Waals surface area contributed by atoms with Crippen LogP contribution in [0.1, 0.15) is 29.6 Å². The summed E-state index contributed by atoms with van der Waals surface area (Å²) in [6, 6.07) is 8.36. The fourth-order valence-electron chi connectivity index (χ4n) is 4.82. The molecule has 0 N–H and O–H groups in total. The Kier molecular flexibility index (Phi) is 6.23. The van der Waals surface area contributed by atoms with Crippen molar-refractivity contribution in [1.29, 1.82) is 0 Å². The van der Waals surface area contributed by atoms with Crippen LogP contribution in [0.5, 0.6) is 0 Å². The molecule has 170 valence electrons. The van der Waals surface area contributed by atoms with Crippen molar-refractivity contribution in [1.82, 2.24) is 29.2 Å². The molecule has 3 aliphatic rings. The Morgan fingerprint density at radius 1 is 0.875 bits per heavy atom. The first-order chi connectivity index (χ1) is 15.7. The van der Waals surface area contributed by atoms with Gasteiger partial charge in [-0.05, 0) is 37.1 Å². The Bertz CT molecular complexity index is 908. The normalized spacial score (nSPS) is 20.9. The van der Waals surface area contributed by atoms with E-state index < -0.39 is 0 Å². The van der Waals surface area contributed by atoms with Crippen molar-refractivity contribution >= 4 is 11.8 Å². The van der Waals surface area contributed by atoms with Crippen LogP contribution in [0.4, 0.5) is 0 Å². The fraction of sp³-hybridized carbons (Fsp3) is 0.542. The fourth-order valence-corrected chi connectivity index (χ4v) is 4.82. The van der Waals surface area contributed by atoms with Gasteiger partial charge in [-0.15, -0.1) is 0 Å². The third kappa shape index (κ3) is 4.56. The van der Waals surface area contributed by atoms with Gasteiger partial charge in [-0.2, -0.15) is 0 Å². The highest BCUT2D eigenvalue weighted by atomic mass is 16.2. The molecule has 3 fully saturated rings. The largest absolute Gasteiger partial charge is 0.339 e. The maximum atomic E-state index is 12.9. The third-order valence-corrected chi connectivity index (χ3v) is 7.14. The van der Waals surface area contributed by atoms with Gasteiger partial charge in [0.1, 0.15) is 5.82 Å². The van der Waals surface area contributed by atoms with E-state index in [-0.39, 0.29) is 11.8 Å². The number of rotatable bonds is 5. The summed E-state index contributed by atoms with van der Waals surface area (Å²) in [5.74, 6) is 1.03. The van der Waals surface area contributed by atoms with E-state index >= 15 is 0 Å². The third-order valence-electron chi connectivity index (χ3n) is 7.14. The molecule has 8 nitrogen and oxygen atoms in total. The van der Waals surface area contributed by atoms with Crippen LogP contribution in [0, 0.1) is 0 Å². The first kappa shape index (κ1) is 21.2. The topological polar surface area (TPSA) is 64.9 Å². The van der Waals surface area contributed by atoms with E-state index in [9.17, 15) is 9.59 Å². The molecular weight excluding hydrogens is 404 g/mol. The molecule has 0 bridgehead atoms. The monoisotopic (exact) mass is 436 g/mol. The predicted octanol–water partition coefficient (Wildman–Crippen LogP) is 1.33. The van der Waals surface area contributed by atoms with E-state index in [1.165, 1.54) is 19.3 Å². The van der Waals surface area contributed by atoms with Crippen molar-refractivity contribution in [2.24, 2.45) is 0 Å². The number of carbonyl (C=O) groups is 2. The molecule has 4 heterocycles. The molecule has 2 amide bonds. The summed E-state index contributed by atoms with van der Waals surface area (Å²) >= 11 is 0. The quantitative estimate of drug-likeness (QED) is 0.708. The zero-order chi connectivity index (χ0) is 21.9. The number of pyridine rings is 1. The van der Waals surface area contributed by atoms with Crippen LogP contribution in [-0.4, -0.2) is 106 Å². The van der Waals surface area contributed by atoms with Crippen molar-refractivity contribution in [2.75, 3.05) is 58.9 Å². The number of amides is 2. The Morgan fingerprint density at radius 3 is 2.16 bits per heavy atom. The van der Waals surface area contributed by atoms with Gasteiger partial charge >= 0.3 is 0 Å². The van der Waals surface area contributed by atoms with Gasteiger partial charge in [0.15, 0.2) is 0 Å². The molecule has 2 saturated heterocycles. The molecule has 1 saturated carbocycles. The molecule has 0 unspecified atom stereocenters. The summed E-state index contributed by atoms with van der Waals surface area (Å²) in [4.78, 5) is 38.7. The van der Waals surface area contributed by atoms with Gasteiger partial charge in [0.2, 0.25) is 5.91 Å². The molecule has 2 aromatic heterocycles. The lowest BCUT2D eigenvalue weighted by molar-refractivity contribution is -0.135. The lowest BCUT2D eigenvalue weighted by Gasteiger charge is -2.43. The summed E-state index contributed by atoms with van der Waals surface area (Å²) in [5, 5.41) is 0. The highest BCUT2D eigenvalue weighted by molar-refractivity contribution is 5.94. The second-order valence-corrected chi connectivity index (χ2v) is 9.07. The van der Waals surface area contributed by atoms with Crippen molar-refractivity contribution in [3.05, 3.63) is 48.4 Å². The van der Waals surface area contributed by atoms with Crippen LogP contribution < -0.4 is 0 Å². The number of nitrogens with zero attached hydrogens (tertiary/aromatic N) is 6. The van der Waals surface area contributed by atoms with E-state index in [0.717, 1.165) is 51.1 Å². The van der Waals surface area contributed by atoms with E-state index in [0.29, 0.717) is 25.2 Å². The van der Waals surface area contributed by atoms with Gasteiger partial charge in [0.25, 0.3) is 5.91 Å². The van der Waals surface area contributed by atoms with Gasteiger partial charge in [0, 0.05) is 77.0 Å². The second-order valence-electron chi connectivity index (χ2n) is 9.07. The highest BCUT2D eigenvalue weighted by Crippen LogP contribution is 2.25. The van der Waals surface area contributed by atoms with Crippen LogP contribution in [0.15, 0.2) is 42.9 Å². The highest BCUT2D eigenvalue weighted by Gasteiger charge is 2.30. The summed E-state index contributed by atoms with van der Waals surface area (Å²) in [5.41, 5.74) is 0.606. The molecule has 2 aromatic rings. The smallest absolute Gasteiger partial charge is 0.255 e. The lowest BCUT2D eigenvalue weighted by Crippen LogP contribution is -2.56. The maximum Gasteiger partial charge on any atom is 0.255 e. The van der Waals surface area contributed by atoms with Crippen molar-refractivity contribution in [3.63, 3.8) is 0 Å². The van der Waals surface area contributed by atoms with Crippen LogP contribution >= 0.6 is 0 Å². The minimum Gasteiger partial charge on any atom is -0.339 e. The Morgan fingerprint density at radius 2 is 1.56 bits per heavy atom. The minimum atomic E-state index is 0.00893. The van der Waals surface area contributed by atoms with Gasteiger partial charge in [-0.1, -0.05) is 6.42 Å². The van der Waals surface area contributed by atoms with Crippen molar-refractivity contribution in [3.8, 4) is 5.82 Å². The molecule has 8 heteroatoms. The van der Waals surface area contributed by atoms with E-state index in [2.05, 4.69) is 14.8 Å². The second kappa shape index (κ2) is 9.42. The van der Waals surface area contributed by atoms with Crippen LogP contribution in [0.3, 0.4) is 0 Å². The molecule has 0 atom stereocenters. The van der Waals surface area contributed by atoms with Gasteiger partial charge in [-0.3, -0.25) is 19.4 Å². The van der Waals surface area contributed by atoms with Crippen molar-refractivity contribution < 1.29 is 9.59 Å². The number of aromatic nitrogens is 2. The van der Waals surface area contributed by atoms with Gasteiger partial charge in [-0.25, -0.2) is 4.98 Å². The van der Waals surface area contributed by atoms with Crippen LogP contribution in [-0.2, 0) is 4.79 Å². The van der Waals surface area contributed by atoms with E-state index in [1.807, 2.05) is 51.0 Å². The number of carbonyl (C=O) groups excluding carboxylic acids is 2.